The van der Waals surface area contributed by atoms with Crippen LogP contribution in [0.25, 0.3) is 93.6 Å². The molecule has 0 radical (unpaired) electrons. The van der Waals surface area contributed by atoms with E-state index in [4.69, 9.17) is 8.83 Å². The molecule has 0 atom stereocenters. The first-order chi connectivity index (χ1) is 22.3. The van der Waals surface area contributed by atoms with Crippen molar-refractivity contribution in [2.24, 2.45) is 0 Å². The van der Waals surface area contributed by atoms with E-state index in [1.54, 1.807) is 0 Å². The second-order valence-corrected chi connectivity index (χ2v) is 11.7. The van der Waals surface area contributed by atoms with Crippen LogP contribution in [0.15, 0.2) is 160 Å². The number of para-hydroxylation sites is 3. The molecule has 10 aromatic rings. The van der Waals surface area contributed by atoms with Gasteiger partial charge in [-0.15, -0.1) is 0 Å². The molecule has 210 valence electrons. The molecule has 0 spiro atoms. The monoisotopic (exact) mass is 575 g/mol. The molecular weight excluding hydrogens is 550 g/mol. The Balaban J connectivity index is 1.20. The van der Waals surface area contributed by atoms with Gasteiger partial charge in [-0.25, -0.2) is 0 Å². The van der Waals surface area contributed by atoms with E-state index in [2.05, 4.69) is 138 Å². The Bertz CT molecular complexity index is 2760. The summed E-state index contributed by atoms with van der Waals surface area (Å²) in [5.41, 5.74) is 11.6. The van der Waals surface area contributed by atoms with Crippen LogP contribution < -0.4 is 0 Å². The molecule has 0 saturated carbocycles. The molecule has 0 aliphatic carbocycles. The quantitative estimate of drug-likeness (QED) is 0.210. The molecule has 7 aromatic carbocycles. The predicted octanol–water partition coefficient (Wildman–Crippen LogP) is 11.9. The van der Waals surface area contributed by atoms with E-state index in [-0.39, 0.29) is 0 Å². The fraction of sp³-hybridized carbons (Fsp3) is 0. The lowest BCUT2D eigenvalue weighted by Crippen LogP contribution is -1.93. The minimum absolute atomic E-state index is 0.873. The van der Waals surface area contributed by atoms with E-state index >= 15 is 0 Å². The van der Waals surface area contributed by atoms with E-state index in [0.717, 1.165) is 60.7 Å². The molecule has 0 bridgehead atoms. The average molecular weight is 576 g/mol. The molecule has 3 heterocycles. The van der Waals surface area contributed by atoms with E-state index in [0.29, 0.717) is 0 Å². The summed E-state index contributed by atoms with van der Waals surface area (Å²) in [4.78, 5) is 0. The normalized spacial score (nSPS) is 12.0. The Morgan fingerprint density at radius 3 is 2.02 bits per heavy atom. The first-order valence-corrected chi connectivity index (χ1v) is 15.3. The smallest absolute Gasteiger partial charge is 0.143 e. The van der Waals surface area contributed by atoms with Crippen molar-refractivity contribution in [2.45, 2.75) is 0 Å². The van der Waals surface area contributed by atoms with Gasteiger partial charge in [-0.05, 0) is 65.2 Å². The third-order valence-electron chi connectivity index (χ3n) is 9.21. The zero-order chi connectivity index (χ0) is 29.5. The zero-order valence-corrected chi connectivity index (χ0v) is 24.2. The number of rotatable bonds is 3. The highest BCUT2D eigenvalue weighted by atomic mass is 16.3. The van der Waals surface area contributed by atoms with Crippen molar-refractivity contribution in [3.05, 3.63) is 152 Å². The summed E-state index contributed by atoms with van der Waals surface area (Å²) < 4.78 is 15.2. The third kappa shape index (κ3) is 3.52. The molecule has 0 aliphatic rings. The Kier molecular flexibility index (Phi) is 5.00. The van der Waals surface area contributed by atoms with Crippen molar-refractivity contribution < 1.29 is 8.83 Å². The van der Waals surface area contributed by atoms with Crippen molar-refractivity contribution >= 4 is 65.7 Å². The van der Waals surface area contributed by atoms with Gasteiger partial charge in [-0.1, -0.05) is 103 Å². The van der Waals surface area contributed by atoms with Crippen LogP contribution in [0, 0.1) is 0 Å². The first-order valence-electron chi connectivity index (χ1n) is 15.3. The van der Waals surface area contributed by atoms with E-state index < -0.39 is 0 Å². The summed E-state index contributed by atoms with van der Waals surface area (Å²) in [6.45, 7) is 0. The van der Waals surface area contributed by atoms with E-state index in [1.165, 1.54) is 32.9 Å². The van der Waals surface area contributed by atoms with Gasteiger partial charge in [-0.3, -0.25) is 0 Å². The second-order valence-electron chi connectivity index (χ2n) is 11.7. The fourth-order valence-corrected chi connectivity index (χ4v) is 7.20. The second kappa shape index (κ2) is 9.22. The molecule has 10 rings (SSSR count). The summed E-state index contributed by atoms with van der Waals surface area (Å²) in [6.07, 6.45) is 0. The lowest BCUT2D eigenvalue weighted by molar-refractivity contribution is 0.668. The topological polar surface area (TPSA) is 31.2 Å². The number of fused-ring (bicyclic) bond motifs is 9. The van der Waals surface area contributed by atoms with Gasteiger partial charge in [0.2, 0.25) is 0 Å². The molecular formula is C42H25NO2. The van der Waals surface area contributed by atoms with Crippen molar-refractivity contribution in [1.82, 2.24) is 4.57 Å². The summed E-state index contributed by atoms with van der Waals surface area (Å²) in [5.74, 6) is 0. The molecule has 0 N–H and O–H groups in total. The number of hydrogen-bond acceptors (Lipinski definition) is 2. The van der Waals surface area contributed by atoms with Crippen LogP contribution in [0.5, 0.6) is 0 Å². The van der Waals surface area contributed by atoms with Crippen molar-refractivity contribution in [3.63, 3.8) is 0 Å². The lowest BCUT2D eigenvalue weighted by atomic mass is 9.97. The molecule has 0 unspecified atom stereocenters. The SMILES string of the molecule is c1ccc(-c2ccc3c(c2)c2ccccc2n3-c2ccc3oc4c(-c5cccc6oc7ccccc7c56)cccc4c3c2)cc1. The van der Waals surface area contributed by atoms with E-state index in [1.807, 2.05) is 18.2 Å². The average Bonchev–Trinajstić information content (AvgIpc) is 3.77. The molecule has 3 heteroatoms. The molecule has 0 aliphatic heterocycles. The Labute approximate surface area is 258 Å². The number of furan rings is 2. The minimum Gasteiger partial charge on any atom is -0.456 e. The molecule has 3 nitrogen and oxygen atoms in total. The first kappa shape index (κ1) is 24.4. The third-order valence-corrected chi connectivity index (χ3v) is 9.21. The van der Waals surface area contributed by atoms with Crippen molar-refractivity contribution in [1.29, 1.82) is 0 Å². The standard InChI is InChI=1S/C42H25NO2/c1-2-10-26(11-3-1)27-20-22-37-34(24-27)29-12-4-6-17-36(29)43(37)28-21-23-39-35(25-28)32-16-8-15-31(42(32)45-39)30-14-9-19-40-41(30)33-13-5-7-18-38(33)44-40/h1-25H. The van der Waals surface area contributed by atoms with Gasteiger partial charge < -0.3 is 13.4 Å². The number of nitrogens with zero attached hydrogens (tertiary/aromatic N) is 1. The summed E-state index contributed by atoms with van der Waals surface area (Å²) in [6, 6.07) is 53.6. The Morgan fingerprint density at radius 1 is 0.378 bits per heavy atom. The van der Waals surface area contributed by atoms with Crippen LogP contribution in [-0.2, 0) is 0 Å². The van der Waals surface area contributed by atoms with Gasteiger partial charge in [-0.2, -0.15) is 0 Å². The highest BCUT2D eigenvalue weighted by Gasteiger charge is 2.19. The lowest BCUT2D eigenvalue weighted by Gasteiger charge is -2.09. The highest BCUT2D eigenvalue weighted by molar-refractivity contribution is 6.17. The molecule has 45 heavy (non-hydrogen) atoms. The molecule has 0 saturated heterocycles. The van der Waals surface area contributed by atoms with Gasteiger partial charge in [0.25, 0.3) is 0 Å². The molecule has 3 aromatic heterocycles. The number of hydrogen-bond donors (Lipinski definition) is 0. The van der Waals surface area contributed by atoms with Crippen LogP contribution in [0.4, 0.5) is 0 Å². The Morgan fingerprint density at radius 2 is 1.09 bits per heavy atom. The van der Waals surface area contributed by atoms with Crippen LogP contribution >= 0.6 is 0 Å². The highest BCUT2D eigenvalue weighted by Crippen LogP contribution is 2.42. The summed E-state index contributed by atoms with van der Waals surface area (Å²) in [7, 11) is 0. The zero-order valence-electron chi connectivity index (χ0n) is 24.2. The van der Waals surface area contributed by atoms with Gasteiger partial charge in [0, 0.05) is 43.6 Å². The maximum atomic E-state index is 6.65. The summed E-state index contributed by atoms with van der Waals surface area (Å²) in [5, 5.41) is 6.90. The van der Waals surface area contributed by atoms with Crippen molar-refractivity contribution in [2.75, 3.05) is 0 Å². The minimum atomic E-state index is 0.873. The Hall–Kier alpha value is -6.06. The van der Waals surface area contributed by atoms with E-state index in [9.17, 15) is 0 Å². The fourth-order valence-electron chi connectivity index (χ4n) is 7.20. The number of benzene rings is 7. The van der Waals surface area contributed by atoms with Crippen LogP contribution in [0.2, 0.25) is 0 Å². The summed E-state index contributed by atoms with van der Waals surface area (Å²) >= 11 is 0. The maximum Gasteiger partial charge on any atom is 0.143 e. The van der Waals surface area contributed by atoms with Crippen LogP contribution in [0.1, 0.15) is 0 Å². The largest absolute Gasteiger partial charge is 0.456 e. The molecule has 0 fully saturated rings. The molecule has 0 amide bonds. The van der Waals surface area contributed by atoms with Gasteiger partial charge >= 0.3 is 0 Å². The van der Waals surface area contributed by atoms with Crippen LogP contribution in [-0.4, -0.2) is 4.57 Å². The predicted molar refractivity (Wildman–Crippen MR) is 186 cm³/mol. The van der Waals surface area contributed by atoms with Gasteiger partial charge in [0.05, 0.1) is 11.0 Å². The maximum absolute atomic E-state index is 6.65. The van der Waals surface area contributed by atoms with Gasteiger partial charge in [0.1, 0.15) is 22.3 Å². The van der Waals surface area contributed by atoms with Crippen LogP contribution in [0.3, 0.4) is 0 Å². The van der Waals surface area contributed by atoms with Crippen molar-refractivity contribution in [3.8, 4) is 27.9 Å². The number of aromatic nitrogens is 1. The van der Waals surface area contributed by atoms with Gasteiger partial charge in [0.15, 0.2) is 0 Å².